The van der Waals surface area contributed by atoms with Gasteiger partial charge in [0.1, 0.15) is 6.54 Å². The number of nitrogens with one attached hydrogen (secondary N) is 2. The molecule has 0 aliphatic rings. The van der Waals surface area contributed by atoms with Crippen LogP contribution in [0.2, 0.25) is 0 Å². The fourth-order valence-electron chi connectivity index (χ4n) is 2.41. The molecule has 0 unspecified atom stereocenters. The Morgan fingerprint density at radius 2 is 1.55 bits per heavy atom. The maximum atomic E-state index is 12.1. The molecule has 0 saturated heterocycles. The van der Waals surface area contributed by atoms with Crippen LogP contribution in [0.25, 0.3) is 0 Å². The zero-order chi connectivity index (χ0) is 21.4. The number of esters is 1. The van der Waals surface area contributed by atoms with E-state index < -0.39 is 12.6 Å². The van der Waals surface area contributed by atoms with Crippen LogP contribution >= 0.6 is 0 Å². The molecule has 0 fully saturated rings. The Labute approximate surface area is 169 Å². The number of ether oxygens (including phenoxy) is 1. The number of carbonyl (C=O) groups excluding carboxylic acids is 4. The molecule has 0 aliphatic carbocycles. The lowest BCUT2D eigenvalue weighted by Gasteiger charge is -2.08. The van der Waals surface area contributed by atoms with Crippen molar-refractivity contribution in [3.63, 3.8) is 0 Å². The van der Waals surface area contributed by atoms with Crippen molar-refractivity contribution < 1.29 is 23.9 Å². The van der Waals surface area contributed by atoms with E-state index in [-0.39, 0.29) is 24.1 Å². The summed E-state index contributed by atoms with van der Waals surface area (Å²) >= 11 is 0. The first-order chi connectivity index (χ1) is 13.8. The lowest BCUT2D eigenvalue weighted by Crippen LogP contribution is -2.31. The minimum absolute atomic E-state index is 0.124. The van der Waals surface area contributed by atoms with Crippen molar-refractivity contribution in [2.45, 2.75) is 27.2 Å². The molecular formula is C22H24N2O5. The van der Waals surface area contributed by atoms with Gasteiger partial charge in [-0.3, -0.25) is 19.2 Å². The fraction of sp³-hybridized carbons (Fsp3) is 0.273. The molecule has 2 aromatic carbocycles. The third-order valence-electron chi connectivity index (χ3n) is 4.34. The summed E-state index contributed by atoms with van der Waals surface area (Å²) in [4.78, 5) is 47.4. The molecule has 2 N–H and O–H groups in total. The third kappa shape index (κ3) is 6.57. The molecule has 0 heterocycles. The minimum atomic E-state index is -0.706. The molecule has 0 spiro atoms. The van der Waals surface area contributed by atoms with Gasteiger partial charge in [0.25, 0.3) is 5.91 Å². The van der Waals surface area contributed by atoms with E-state index in [0.717, 1.165) is 11.1 Å². The van der Waals surface area contributed by atoms with Gasteiger partial charge in [0.2, 0.25) is 5.91 Å². The second kappa shape index (κ2) is 10.2. The lowest BCUT2D eigenvalue weighted by atomic mass is 10.1. The van der Waals surface area contributed by atoms with Crippen LogP contribution in [0.4, 0.5) is 5.69 Å². The van der Waals surface area contributed by atoms with Crippen molar-refractivity contribution in [3.8, 4) is 0 Å². The van der Waals surface area contributed by atoms with Crippen molar-refractivity contribution >= 4 is 29.3 Å². The van der Waals surface area contributed by atoms with Crippen LogP contribution in [-0.2, 0) is 14.3 Å². The number of ketones is 1. The first kappa shape index (κ1) is 21.8. The Balaban J connectivity index is 1.79. The van der Waals surface area contributed by atoms with E-state index in [1.165, 1.54) is 0 Å². The fourth-order valence-corrected chi connectivity index (χ4v) is 2.41. The van der Waals surface area contributed by atoms with Gasteiger partial charge in [-0.15, -0.1) is 0 Å². The second-order valence-electron chi connectivity index (χ2n) is 6.54. The van der Waals surface area contributed by atoms with Crippen LogP contribution in [0.5, 0.6) is 0 Å². The number of amides is 2. The minimum Gasteiger partial charge on any atom is -0.456 e. The van der Waals surface area contributed by atoms with Crippen LogP contribution in [0.1, 0.15) is 45.2 Å². The number of rotatable bonds is 8. The van der Waals surface area contributed by atoms with E-state index in [2.05, 4.69) is 10.6 Å². The quantitative estimate of drug-likeness (QED) is 0.528. The molecule has 0 saturated carbocycles. The predicted octanol–water partition coefficient (Wildman–Crippen LogP) is 2.81. The summed E-state index contributed by atoms with van der Waals surface area (Å²) in [6.07, 6.45) is 0.358. The highest BCUT2D eigenvalue weighted by Crippen LogP contribution is 2.11. The molecule has 29 heavy (non-hydrogen) atoms. The van der Waals surface area contributed by atoms with Crippen LogP contribution in [0.3, 0.4) is 0 Å². The number of hydrogen-bond donors (Lipinski definition) is 2. The SMILES string of the molecule is CCC(=O)Nc1ccc(C(=O)COC(=O)CNC(=O)c2ccc(C)c(C)c2)cc1. The molecule has 2 aromatic rings. The Kier molecular flexibility index (Phi) is 7.65. The van der Waals surface area contributed by atoms with Gasteiger partial charge in [0.05, 0.1) is 0 Å². The zero-order valence-electron chi connectivity index (χ0n) is 16.7. The van der Waals surface area contributed by atoms with Gasteiger partial charge in [0.15, 0.2) is 12.4 Å². The maximum Gasteiger partial charge on any atom is 0.325 e. The van der Waals surface area contributed by atoms with E-state index in [1.54, 1.807) is 43.3 Å². The van der Waals surface area contributed by atoms with Crippen molar-refractivity contribution in [2.75, 3.05) is 18.5 Å². The highest BCUT2D eigenvalue weighted by molar-refractivity contribution is 5.99. The van der Waals surface area contributed by atoms with Crippen LogP contribution < -0.4 is 10.6 Å². The van der Waals surface area contributed by atoms with Crippen molar-refractivity contribution in [1.29, 1.82) is 0 Å². The summed E-state index contributed by atoms with van der Waals surface area (Å²) in [5, 5.41) is 5.15. The molecule has 0 aliphatic heterocycles. The molecule has 7 heteroatoms. The van der Waals surface area contributed by atoms with Gasteiger partial charge in [0, 0.05) is 23.2 Å². The van der Waals surface area contributed by atoms with Gasteiger partial charge in [-0.25, -0.2) is 0 Å². The Bertz CT molecular complexity index is 919. The van der Waals surface area contributed by atoms with Crippen molar-refractivity contribution in [3.05, 3.63) is 64.7 Å². The van der Waals surface area contributed by atoms with Gasteiger partial charge < -0.3 is 15.4 Å². The Hall–Kier alpha value is -3.48. The highest BCUT2D eigenvalue weighted by Gasteiger charge is 2.13. The normalized spacial score (nSPS) is 10.2. The van der Waals surface area contributed by atoms with Crippen LogP contribution in [-0.4, -0.2) is 36.7 Å². The summed E-state index contributed by atoms with van der Waals surface area (Å²) < 4.78 is 4.93. The van der Waals surface area contributed by atoms with Gasteiger partial charge in [-0.2, -0.15) is 0 Å². The highest BCUT2D eigenvalue weighted by atomic mass is 16.5. The lowest BCUT2D eigenvalue weighted by molar-refractivity contribution is -0.141. The summed E-state index contributed by atoms with van der Waals surface area (Å²) in [6.45, 7) is 4.82. The summed E-state index contributed by atoms with van der Waals surface area (Å²) in [5.74, 6) is -1.60. The smallest absolute Gasteiger partial charge is 0.325 e. The number of aryl methyl sites for hydroxylation is 2. The van der Waals surface area contributed by atoms with Crippen LogP contribution in [0, 0.1) is 13.8 Å². The number of hydrogen-bond acceptors (Lipinski definition) is 5. The molecule has 0 bridgehead atoms. The van der Waals surface area contributed by atoms with Gasteiger partial charge in [-0.05, 0) is 61.4 Å². The molecule has 0 radical (unpaired) electrons. The van der Waals surface area contributed by atoms with Crippen molar-refractivity contribution in [2.24, 2.45) is 0 Å². The number of anilines is 1. The third-order valence-corrected chi connectivity index (χ3v) is 4.34. The van der Waals surface area contributed by atoms with E-state index >= 15 is 0 Å². The monoisotopic (exact) mass is 396 g/mol. The van der Waals surface area contributed by atoms with E-state index in [4.69, 9.17) is 4.74 Å². The average Bonchev–Trinajstić information content (AvgIpc) is 2.72. The van der Waals surface area contributed by atoms with E-state index in [0.29, 0.717) is 23.2 Å². The summed E-state index contributed by atoms with van der Waals surface area (Å²) in [6, 6.07) is 11.6. The first-order valence-corrected chi connectivity index (χ1v) is 9.24. The molecule has 0 aromatic heterocycles. The molecule has 2 amide bonds. The van der Waals surface area contributed by atoms with Crippen LogP contribution in [0.15, 0.2) is 42.5 Å². The molecule has 2 rings (SSSR count). The first-order valence-electron chi connectivity index (χ1n) is 9.24. The summed E-state index contributed by atoms with van der Waals surface area (Å²) in [7, 11) is 0. The van der Waals surface area contributed by atoms with E-state index in [9.17, 15) is 19.2 Å². The number of carbonyl (C=O) groups is 4. The maximum absolute atomic E-state index is 12.1. The molecule has 7 nitrogen and oxygen atoms in total. The summed E-state index contributed by atoms with van der Waals surface area (Å²) in [5.41, 5.74) is 3.43. The molecule has 0 atom stereocenters. The van der Waals surface area contributed by atoms with E-state index in [1.807, 2.05) is 19.9 Å². The number of benzene rings is 2. The zero-order valence-corrected chi connectivity index (χ0v) is 16.7. The van der Waals surface area contributed by atoms with Gasteiger partial charge in [-0.1, -0.05) is 13.0 Å². The predicted molar refractivity (Wildman–Crippen MR) is 109 cm³/mol. The van der Waals surface area contributed by atoms with Crippen molar-refractivity contribution in [1.82, 2.24) is 5.32 Å². The molecule has 152 valence electrons. The molecular weight excluding hydrogens is 372 g/mol. The standard InChI is InChI=1S/C22H24N2O5/c1-4-20(26)24-18-9-7-16(8-10-18)19(25)13-29-21(27)12-23-22(28)17-6-5-14(2)15(3)11-17/h5-11H,4,12-13H2,1-3H3,(H,23,28)(H,24,26). The second-order valence-corrected chi connectivity index (χ2v) is 6.54. The number of Topliss-reactive ketones (excluding diaryl/α,β-unsaturated/α-hetero) is 1. The average molecular weight is 396 g/mol. The Morgan fingerprint density at radius 1 is 0.897 bits per heavy atom. The van der Waals surface area contributed by atoms with Gasteiger partial charge >= 0.3 is 5.97 Å². The Morgan fingerprint density at radius 3 is 2.17 bits per heavy atom. The largest absolute Gasteiger partial charge is 0.456 e. The topological polar surface area (TPSA) is 102 Å².